The molecule has 0 radical (unpaired) electrons. The second kappa shape index (κ2) is 6.70. The van der Waals surface area contributed by atoms with E-state index < -0.39 is 0 Å². The Bertz CT molecular complexity index is 767. The summed E-state index contributed by atoms with van der Waals surface area (Å²) in [5.74, 6) is 0. The lowest BCUT2D eigenvalue weighted by Gasteiger charge is -2.10. The fourth-order valence-electron chi connectivity index (χ4n) is 2.33. The fourth-order valence-corrected chi connectivity index (χ4v) is 2.33. The van der Waals surface area contributed by atoms with E-state index >= 15 is 0 Å². The van der Waals surface area contributed by atoms with Gasteiger partial charge < -0.3 is 9.88 Å². The van der Waals surface area contributed by atoms with Crippen molar-refractivity contribution in [1.82, 2.24) is 14.9 Å². The van der Waals surface area contributed by atoms with Gasteiger partial charge in [-0.25, -0.2) is 0 Å². The number of aromatic nitrogens is 2. The molecule has 4 nitrogen and oxygen atoms in total. The highest BCUT2D eigenvalue weighted by Gasteiger charge is 2.03. The minimum Gasteiger partial charge on any atom is -0.320 e. The van der Waals surface area contributed by atoms with E-state index in [-0.39, 0.29) is 0 Å². The Morgan fingerprint density at radius 2 is 1.86 bits per heavy atom. The van der Waals surface area contributed by atoms with Crippen LogP contribution in [0.25, 0.3) is 5.69 Å². The third-order valence-corrected chi connectivity index (χ3v) is 3.45. The highest BCUT2D eigenvalue weighted by atomic mass is 15.0. The molecule has 0 fully saturated rings. The number of rotatable bonds is 5. The van der Waals surface area contributed by atoms with Crippen LogP contribution in [0.15, 0.2) is 67.0 Å². The molecular weight excluding hydrogens is 272 g/mol. The topological polar surface area (TPSA) is 53.6 Å². The number of hydrogen-bond acceptors (Lipinski definition) is 3. The molecule has 0 aliphatic carbocycles. The molecule has 0 atom stereocenters. The maximum absolute atomic E-state index is 8.87. The summed E-state index contributed by atoms with van der Waals surface area (Å²) >= 11 is 0. The average Bonchev–Trinajstić information content (AvgIpc) is 3.04. The van der Waals surface area contributed by atoms with Crippen LogP contribution in [-0.2, 0) is 13.1 Å². The first-order valence-corrected chi connectivity index (χ1v) is 7.14. The summed E-state index contributed by atoms with van der Waals surface area (Å²) in [4.78, 5) is 4.30. The fraction of sp³-hybridized carbons (Fsp3) is 0.111. The minimum absolute atomic E-state index is 0.672. The molecule has 0 spiro atoms. The van der Waals surface area contributed by atoms with Gasteiger partial charge in [-0.2, -0.15) is 5.26 Å². The van der Waals surface area contributed by atoms with Crippen molar-refractivity contribution in [2.75, 3.05) is 0 Å². The van der Waals surface area contributed by atoms with Gasteiger partial charge in [0.1, 0.15) is 0 Å². The second-order valence-corrected chi connectivity index (χ2v) is 4.95. The predicted molar refractivity (Wildman–Crippen MR) is 85.3 cm³/mol. The first-order valence-electron chi connectivity index (χ1n) is 7.14. The van der Waals surface area contributed by atoms with Crippen molar-refractivity contribution in [3.8, 4) is 11.8 Å². The van der Waals surface area contributed by atoms with Gasteiger partial charge in [0.2, 0.25) is 0 Å². The average molecular weight is 288 g/mol. The molecular formula is C18H16N4. The largest absolute Gasteiger partial charge is 0.320 e. The summed E-state index contributed by atoms with van der Waals surface area (Å²) in [6, 6.07) is 19.7. The Morgan fingerprint density at radius 3 is 2.59 bits per heavy atom. The molecule has 1 N–H and O–H groups in total. The summed E-state index contributed by atoms with van der Waals surface area (Å²) in [6.07, 6.45) is 3.83. The highest BCUT2D eigenvalue weighted by molar-refractivity contribution is 5.41. The second-order valence-electron chi connectivity index (χ2n) is 4.95. The Labute approximate surface area is 129 Å². The van der Waals surface area contributed by atoms with E-state index in [0.29, 0.717) is 5.56 Å². The standard InChI is InChI=1S/C18H16N4/c19-12-15-6-8-17(9-7-15)22-11-3-5-18(22)14-20-13-16-4-1-2-10-21-16/h1-11,20H,13-14H2. The van der Waals surface area contributed by atoms with Crippen LogP contribution >= 0.6 is 0 Å². The van der Waals surface area contributed by atoms with Crippen LogP contribution in [0.1, 0.15) is 17.0 Å². The van der Waals surface area contributed by atoms with Crippen LogP contribution in [0.2, 0.25) is 0 Å². The summed E-state index contributed by atoms with van der Waals surface area (Å²) in [5, 5.41) is 12.3. The third kappa shape index (κ3) is 3.22. The van der Waals surface area contributed by atoms with E-state index in [2.05, 4.69) is 27.0 Å². The molecule has 2 aromatic heterocycles. The van der Waals surface area contributed by atoms with Crippen molar-refractivity contribution in [3.05, 3.63) is 83.9 Å². The van der Waals surface area contributed by atoms with Crippen LogP contribution in [0.5, 0.6) is 0 Å². The molecule has 0 amide bonds. The van der Waals surface area contributed by atoms with E-state index in [1.165, 1.54) is 5.69 Å². The van der Waals surface area contributed by atoms with Gasteiger partial charge >= 0.3 is 0 Å². The van der Waals surface area contributed by atoms with E-state index in [0.717, 1.165) is 24.5 Å². The quantitative estimate of drug-likeness (QED) is 0.785. The molecule has 4 heteroatoms. The minimum atomic E-state index is 0.672. The third-order valence-electron chi connectivity index (χ3n) is 3.45. The lowest BCUT2D eigenvalue weighted by molar-refractivity contribution is 0.658. The molecule has 1 aromatic carbocycles. The zero-order valence-electron chi connectivity index (χ0n) is 12.1. The van der Waals surface area contributed by atoms with Crippen molar-refractivity contribution in [3.63, 3.8) is 0 Å². The summed E-state index contributed by atoms with van der Waals surface area (Å²) < 4.78 is 2.12. The lowest BCUT2D eigenvalue weighted by atomic mass is 10.2. The van der Waals surface area contributed by atoms with Crippen molar-refractivity contribution < 1.29 is 0 Å². The van der Waals surface area contributed by atoms with E-state index in [4.69, 9.17) is 5.26 Å². The number of nitrogens with one attached hydrogen (secondary N) is 1. The van der Waals surface area contributed by atoms with Crippen molar-refractivity contribution >= 4 is 0 Å². The number of nitriles is 1. The van der Waals surface area contributed by atoms with Gasteiger partial charge in [-0.1, -0.05) is 6.07 Å². The zero-order chi connectivity index (χ0) is 15.2. The van der Waals surface area contributed by atoms with Gasteiger partial charge in [0.05, 0.1) is 17.3 Å². The molecule has 22 heavy (non-hydrogen) atoms. The highest BCUT2D eigenvalue weighted by Crippen LogP contribution is 2.13. The molecule has 0 aliphatic rings. The molecule has 0 saturated carbocycles. The summed E-state index contributed by atoms with van der Waals surface area (Å²) in [7, 11) is 0. The maximum Gasteiger partial charge on any atom is 0.0991 e. The van der Waals surface area contributed by atoms with E-state index in [1.807, 2.05) is 54.7 Å². The normalized spacial score (nSPS) is 10.3. The van der Waals surface area contributed by atoms with Gasteiger partial charge in [-0.05, 0) is 48.5 Å². The molecule has 108 valence electrons. The van der Waals surface area contributed by atoms with Crippen LogP contribution in [0, 0.1) is 11.3 Å². The van der Waals surface area contributed by atoms with Crippen LogP contribution in [-0.4, -0.2) is 9.55 Å². The molecule has 0 saturated heterocycles. The van der Waals surface area contributed by atoms with Gasteiger partial charge in [-0.3, -0.25) is 4.98 Å². The summed E-state index contributed by atoms with van der Waals surface area (Å²) in [5.41, 5.74) is 3.92. The Hall–Kier alpha value is -2.90. The number of benzene rings is 1. The molecule has 3 aromatic rings. The van der Waals surface area contributed by atoms with Crippen molar-refractivity contribution in [2.24, 2.45) is 0 Å². The van der Waals surface area contributed by atoms with Crippen LogP contribution in [0.3, 0.4) is 0 Å². The maximum atomic E-state index is 8.87. The van der Waals surface area contributed by atoms with Crippen LogP contribution < -0.4 is 5.32 Å². The monoisotopic (exact) mass is 288 g/mol. The Balaban J connectivity index is 1.68. The zero-order valence-corrected chi connectivity index (χ0v) is 12.1. The van der Waals surface area contributed by atoms with Gasteiger partial charge in [0.15, 0.2) is 0 Å². The SMILES string of the molecule is N#Cc1ccc(-n2cccc2CNCc2ccccn2)cc1. The molecule has 0 aliphatic heterocycles. The van der Waals surface area contributed by atoms with Gasteiger partial charge in [-0.15, -0.1) is 0 Å². The first-order chi connectivity index (χ1) is 10.9. The Morgan fingerprint density at radius 1 is 1.00 bits per heavy atom. The summed E-state index contributed by atoms with van der Waals surface area (Å²) in [6.45, 7) is 1.49. The predicted octanol–water partition coefficient (Wildman–Crippen LogP) is 3.03. The van der Waals surface area contributed by atoms with E-state index in [9.17, 15) is 0 Å². The first kappa shape index (κ1) is 14.1. The Kier molecular flexibility index (Phi) is 4.28. The van der Waals surface area contributed by atoms with Gasteiger partial charge in [0.25, 0.3) is 0 Å². The lowest BCUT2D eigenvalue weighted by Crippen LogP contribution is -2.15. The number of pyridine rings is 1. The molecule has 3 rings (SSSR count). The molecule has 2 heterocycles. The van der Waals surface area contributed by atoms with Crippen molar-refractivity contribution in [1.29, 1.82) is 5.26 Å². The van der Waals surface area contributed by atoms with Gasteiger partial charge in [0, 0.05) is 36.9 Å². The van der Waals surface area contributed by atoms with Crippen molar-refractivity contribution in [2.45, 2.75) is 13.1 Å². The molecule has 0 unspecified atom stereocenters. The number of nitrogens with zero attached hydrogens (tertiary/aromatic N) is 3. The van der Waals surface area contributed by atoms with E-state index in [1.54, 1.807) is 6.20 Å². The number of hydrogen-bond donors (Lipinski definition) is 1. The molecule has 0 bridgehead atoms. The smallest absolute Gasteiger partial charge is 0.0991 e. The van der Waals surface area contributed by atoms with Crippen LogP contribution in [0.4, 0.5) is 0 Å².